The summed E-state index contributed by atoms with van der Waals surface area (Å²) < 4.78 is 5.53. The number of likely N-dealkylation sites (tertiary alicyclic amines) is 1. The van der Waals surface area contributed by atoms with Crippen molar-refractivity contribution in [3.8, 4) is 0 Å². The number of morpholine rings is 1. The maximum absolute atomic E-state index is 12.3. The summed E-state index contributed by atoms with van der Waals surface area (Å²) in [5.41, 5.74) is 0. The number of ether oxygens (including phenoxy) is 1. The predicted molar refractivity (Wildman–Crippen MR) is 94.2 cm³/mol. The minimum atomic E-state index is 0.0628. The molecule has 1 aromatic rings. The van der Waals surface area contributed by atoms with Crippen LogP contribution in [0.5, 0.6) is 0 Å². The maximum Gasteiger partial charge on any atom is 0.240 e. The Kier molecular flexibility index (Phi) is 5.12. The molecule has 7 heteroatoms. The number of rotatable bonds is 4. The molecule has 0 radical (unpaired) electrons. The van der Waals surface area contributed by atoms with Gasteiger partial charge in [-0.2, -0.15) is 0 Å². The van der Waals surface area contributed by atoms with Gasteiger partial charge in [-0.05, 0) is 24.7 Å². The SMILES string of the molecule is O=C(CN1C[C@H]2CCC[C@@H](C1)C2N1CCOCC1)Nc1nccs1. The molecule has 3 fully saturated rings. The van der Waals surface area contributed by atoms with Crippen LogP contribution in [-0.4, -0.2) is 72.7 Å². The van der Waals surface area contributed by atoms with E-state index in [4.69, 9.17) is 4.74 Å². The van der Waals surface area contributed by atoms with E-state index in [1.807, 2.05) is 5.38 Å². The van der Waals surface area contributed by atoms with Crippen molar-refractivity contribution < 1.29 is 9.53 Å². The number of thiazole rings is 1. The number of fused-ring (bicyclic) bond motifs is 2. The summed E-state index contributed by atoms with van der Waals surface area (Å²) in [5, 5.41) is 5.49. The van der Waals surface area contributed by atoms with Crippen molar-refractivity contribution in [1.82, 2.24) is 14.8 Å². The highest BCUT2D eigenvalue weighted by molar-refractivity contribution is 7.13. The molecule has 2 saturated heterocycles. The second kappa shape index (κ2) is 7.47. The van der Waals surface area contributed by atoms with E-state index in [9.17, 15) is 4.79 Å². The van der Waals surface area contributed by atoms with Gasteiger partial charge in [0.2, 0.25) is 5.91 Å². The van der Waals surface area contributed by atoms with Crippen LogP contribution in [0.3, 0.4) is 0 Å². The van der Waals surface area contributed by atoms with E-state index in [1.165, 1.54) is 30.6 Å². The minimum absolute atomic E-state index is 0.0628. The molecule has 2 bridgehead atoms. The number of piperidine rings is 1. The number of nitrogens with one attached hydrogen (secondary N) is 1. The first-order chi connectivity index (χ1) is 11.8. The van der Waals surface area contributed by atoms with Crippen molar-refractivity contribution in [1.29, 1.82) is 0 Å². The second-order valence-corrected chi connectivity index (χ2v) is 8.06. The van der Waals surface area contributed by atoms with E-state index in [-0.39, 0.29) is 5.91 Å². The van der Waals surface area contributed by atoms with Gasteiger partial charge in [-0.3, -0.25) is 14.6 Å². The van der Waals surface area contributed by atoms with Crippen LogP contribution in [0.1, 0.15) is 19.3 Å². The summed E-state index contributed by atoms with van der Waals surface area (Å²) in [6.07, 6.45) is 5.65. The van der Waals surface area contributed by atoms with Crippen molar-refractivity contribution in [2.45, 2.75) is 25.3 Å². The Bertz CT molecular complexity index is 533. The molecule has 24 heavy (non-hydrogen) atoms. The highest BCUT2D eigenvalue weighted by Crippen LogP contribution is 2.38. The average molecular weight is 350 g/mol. The maximum atomic E-state index is 12.3. The molecule has 3 atom stereocenters. The van der Waals surface area contributed by atoms with E-state index in [0.29, 0.717) is 29.6 Å². The van der Waals surface area contributed by atoms with Crippen LogP contribution < -0.4 is 5.32 Å². The Labute approximate surface area is 147 Å². The molecular formula is C17H26N4O2S. The fourth-order valence-corrected chi connectivity index (χ4v) is 5.30. The molecule has 1 saturated carbocycles. The van der Waals surface area contributed by atoms with Crippen LogP contribution >= 0.6 is 11.3 Å². The summed E-state index contributed by atoms with van der Waals surface area (Å²) >= 11 is 1.47. The van der Waals surface area contributed by atoms with Gasteiger partial charge < -0.3 is 10.1 Å². The van der Waals surface area contributed by atoms with Crippen molar-refractivity contribution in [2.24, 2.45) is 11.8 Å². The summed E-state index contributed by atoms with van der Waals surface area (Å²) in [7, 11) is 0. The highest BCUT2D eigenvalue weighted by atomic mass is 32.1. The van der Waals surface area contributed by atoms with E-state index >= 15 is 0 Å². The lowest BCUT2D eigenvalue weighted by Crippen LogP contribution is -2.60. The molecule has 4 rings (SSSR count). The third kappa shape index (κ3) is 3.64. The summed E-state index contributed by atoms with van der Waals surface area (Å²) in [5.74, 6) is 1.46. The topological polar surface area (TPSA) is 57.7 Å². The quantitative estimate of drug-likeness (QED) is 0.892. The van der Waals surface area contributed by atoms with Crippen LogP contribution in [0.4, 0.5) is 5.13 Å². The van der Waals surface area contributed by atoms with Crippen molar-refractivity contribution >= 4 is 22.4 Å². The molecule has 0 aromatic carbocycles. The number of carbonyl (C=O) groups is 1. The lowest BCUT2D eigenvalue weighted by Gasteiger charge is -2.52. The molecule has 1 unspecified atom stereocenters. The molecule has 1 aromatic heterocycles. The molecule has 6 nitrogen and oxygen atoms in total. The number of amides is 1. The Morgan fingerprint density at radius 3 is 2.71 bits per heavy atom. The molecular weight excluding hydrogens is 324 g/mol. The smallest absolute Gasteiger partial charge is 0.240 e. The first kappa shape index (κ1) is 16.4. The largest absolute Gasteiger partial charge is 0.379 e. The van der Waals surface area contributed by atoms with Gasteiger partial charge in [0.15, 0.2) is 5.13 Å². The summed E-state index contributed by atoms with van der Waals surface area (Å²) in [6, 6.07) is 0.695. The monoisotopic (exact) mass is 350 g/mol. The third-order valence-electron chi connectivity index (χ3n) is 5.61. The first-order valence-corrected chi connectivity index (χ1v) is 9.91. The fourth-order valence-electron chi connectivity index (χ4n) is 4.75. The lowest BCUT2D eigenvalue weighted by atomic mass is 9.72. The summed E-state index contributed by atoms with van der Waals surface area (Å²) in [4.78, 5) is 21.4. The van der Waals surface area contributed by atoms with Gasteiger partial charge in [0.1, 0.15) is 0 Å². The molecule has 1 aliphatic carbocycles. The van der Waals surface area contributed by atoms with Gasteiger partial charge in [-0.15, -0.1) is 11.3 Å². The number of aromatic nitrogens is 1. The van der Waals surface area contributed by atoms with Crippen LogP contribution in [0.15, 0.2) is 11.6 Å². The number of nitrogens with zero attached hydrogens (tertiary/aromatic N) is 3. The number of anilines is 1. The van der Waals surface area contributed by atoms with Gasteiger partial charge in [0.05, 0.1) is 19.8 Å². The van der Waals surface area contributed by atoms with Gasteiger partial charge in [-0.1, -0.05) is 6.42 Å². The normalized spacial score (nSPS) is 31.8. The summed E-state index contributed by atoms with van der Waals surface area (Å²) in [6.45, 7) is 6.46. The minimum Gasteiger partial charge on any atom is -0.379 e. The Morgan fingerprint density at radius 2 is 2.04 bits per heavy atom. The van der Waals surface area contributed by atoms with Crippen LogP contribution in [0, 0.1) is 11.8 Å². The molecule has 1 N–H and O–H groups in total. The Balaban J connectivity index is 1.36. The number of hydrogen-bond acceptors (Lipinski definition) is 6. The van der Waals surface area contributed by atoms with E-state index < -0.39 is 0 Å². The number of carbonyl (C=O) groups excluding carboxylic acids is 1. The molecule has 3 aliphatic rings. The highest BCUT2D eigenvalue weighted by Gasteiger charge is 2.42. The lowest BCUT2D eigenvalue weighted by molar-refractivity contribution is -0.119. The second-order valence-electron chi connectivity index (χ2n) is 7.17. The Hall–Kier alpha value is -1.02. The Morgan fingerprint density at radius 1 is 1.29 bits per heavy atom. The molecule has 1 amide bonds. The van der Waals surface area contributed by atoms with Crippen molar-refractivity contribution in [3.63, 3.8) is 0 Å². The van der Waals surface area contributed by atoms with Gasteiger partial charge >= 0.3 is 0 Å². The fraction of sp³-hybridized carbons (Fsp3) is 0.765. The third-order valence-corrected chi connectivity index (χ3v) is 6.30. The first-order valence-electron chi connectivity index (χ1n) is 9.03. The molecule has 0 spiro atoms. The zero-order valence-electron chi connectivity index (χ0n) is 14.0. The van der Waals surface area contributed by atoms with Crippen LogP contribution in [0.25, 0.3) is 0 Å². The zero-order valence-corrected chi connectivity index (χ0v) is 14.8. The van der Waals surface area contributed by atoms with E-state index in [0.717, 1.165) is 39.4 Å². The van der Waals surface area contributed by atoms with Gasteiger partial charge in [-0.25, -0.2) is 4.98 Å². The van der Waals surface area contributed by atoms with Crippen molar-refractivity contribution in [2.75, 3.05) is 51.3 Å². The van der Waals surface area contributed by atoms with E-state index in [2.05, 4.69) is 20.1 Å². The van der Waals surface area contributed by atoms with Crippen molar-refractivity contribution in [3.05, 3.63) is 11.6 Å². The van der Waals surface area contributed by atoms with E-state index in [1.54, 1.807) is 6.20 Å². The molecule has 132 valence electrons. The van der Waals surface area contributed by atoms with Crippen LogP contribution in [-0.2, 0) is 9.53 Å². The van der Waals surface area contributed by atoms with Crippen LogP contribution in [0.2, 0.25) is 0 Å². The average Bonchev–Trinajstić information content (AvgIpc) is 3.07. The molecule has 3 heterocycles. The zero-order chi connectivity index (χ0) is 16.4. The molecule has 2 aliphatic heterocycles. The number of hydrogen-bond donors (Lipinski definition) is 1. The standard InChI is InChI=1S/C17H26N4O2S/c22-15(19-17-18-4-9-24-17)12-20-10-13-2-1-3-14(11-20)16(13)21-5-7-23-8-6-21/h4,9,13-14,16H,1-3,5-8,10-12H2,(H,18,19,22)/t13-,14+,16?. The predicted octanol–water partition coefficient (Wildman–Crippen LogP) is 1.51. The van der Waals surface area contributed by atoms with Gasteiger partial charge in [0.25, 0.3) is 0 Å². The van der Waals surface area contributed by atoms with Gasteiger partial charge in [0, 0.05) is 43.8 Å².